The third kappa shape index (κ3) is 3.15. The van der Waals surface area contributed by atoms with Gasteiger partial charge >= 0.3 is 0 Å². The smallest absolute Gasteiger partial charge is 0.175 e. The summed E-state index contributed by atoms with van der Waals surface area (Å²) >= 11 is 6.02. The zero-order chi connectivity index (χ0) is 14.0. The molecule has 0 aliphatic heterocycles. The van der Waals surface area contributed by atoms with Crippen molar-refractivity contribution in [1.29, 1.82) is 0 Å². The summed E-state index contributed by atoms with van der Waals surface area (Å²) in [5.41, 5.74) is 1.19. The Balaban J connectivity index is 2.36. The van der Waals surface area contributed by atoms with E-state index in [9.17, 15) is 13.5 Å². The van der Waals surface area contributed by atoms with Crippen molar-refractivity contribution in [3.05, 3.63) is 64.7 Å². The third-order valence-electron chi connectivity index (χ3n) is 2.82. The molecule has 1 N–H and O–H groups in total. The largest absolute Gasteiger partial charge is 0.384 e. The number of sulfone groups is 1. The summed E-state index contributed by atoms with van der Waals surface area (Å²) in [5.74, 6) is 0. The van der Waals surface area contributed by atoms with E-state index in [2.05, 4.69) is 0 Å². The van der Waals surface area contributed by atoms with E-state index in [-0.39, 0.29) is 4.90 Å². The molecule has 0 saturated carbocycles. The van der Waals surface area contributed by atoms with Crippen LogP contribution in [0.1, 0.15) is 17.2 Å². The summed E-state index contributed by atoms with van der Waals surface area (Å²) < 4.78 is 22.7. The lowest BCUT2D eigenvalue weighted by atomic mass is 10.0. The van der Waals surface area contributed by atoms with Crippen molar-refractivity contribution in [2.24, 2.45) is 0 Å². The fourth-order valence-electron chi connectivity index (χ4n) is 1.77. The van der Waals surface area contributed by atoms with E-state index in [1.165, 1.54) is 12.1 Å². The van der Waals surface area contributed by atoms with Crippen LogP contribution in [0.5, 0.6) is 0 Å². The van der Waals surface area contributed by atoms with E-state index >= 15 is 0 Å². The van der Waals surface area contributed by atoms with Gasteiger partial charge in [-0.3, -0.25) is 0 Å². The third-order valence-corrected chi connectivity index (χ3v) is 4.30. The highest BCUT2D eigenvalue weighted by Gasteiger charge is 2.14. The van der Waals surface area contributed by atoms with Crippen molar-refractivity contribution in [2.45, 2.75) is 11.0 Å². The number of rotatable bonds is 3. The van der Waals surface area contributed by atoms with E-state index in [1.54, 1.807) is 36.4 Å². The summed E-state index contributed by atoms with van der Waals surface area (Å²) in [6.07, 6.45) is 0.272. The van der Waals surface area contributed by atoms with Crippen molar-refractivity contribution in [1.82, 2.24) is 0 Å². The van der Waals surface area contributed by atoms with Crippen LogP contribution in [0.3, 0.4) is 0 Å². The number of aliphatic hydroxyl groups is 1. The molecule has 2 aromatic rings. The first-order valence-corrected chi connectivity index (χ1v) is 7.89. The van der Waals surface area contributed by atoms with Gasteiger partial charge in [-0.25, -0.2) is 8.42 Å². The van der Waals surface area contributed by atoms with Crippen LogP contribution in [0.15, 0.2) is 53.4 Å². The number of hydrogen-bond donors (Lipinski definition) is 1. The molecule has 5 heteroatoms. The van der Waals surface area contributed by atoms with Crippen LogP contribution in [-0.2, 0) is 9.84 Å². The molecular weight excluding hydrogens is 284 g/mol. The minimum atomic E-state index is -3.23. The predicted molar refractivity (Wildman–Crippen MR) is 75.1 cm³/mol. The Morgan fingerprint density at radius 2 is 1.63 bits per heavy atom. The first kappa shape index (κ1) is 14.1. The van der Waals surface area contributed by atoms with E-state index in [1.807, 2.05) is 0 Å². The number of hydrogen-bond acceptors (Lipinski definition) is 3. The van der Waals surface area contributed by atoms with Gasteiger partial charge in [-0.15, -0.1) is 0 Å². The van der Waals surface area contributed by atoms with Gasteiger partial charge in [0.15, 0.2) is 9.84 Å². The standard InChI is InChI=1S/C14H13ClO3S/c1-19(17,18)11-8-6-10(7-9-11)14(16)12-4-2-3-5-13(12)15/h2-9,14,16H,1H3. The maximum Gasteiger partial charge on any atom is 0.175 e. The van der Waals surface area contributed by atoms with Crippen LogP contribution in [0.25, 0.3) is 0 Å². The number of benzene rings is 2. The van der Waals surface area contributed by atoms with Crippen LogP contribution >= 0.6 is 11.6 Å². The Morgan fingerprint density at radius 1 is 1.05 bits per heavy atom. The fraction of sp³-hybridized carbons (Fsp3) is 0.143. The summed E-state index contributed by atoms with van der Waals surface area (Å²) in [6, 6.07) is 13.1. The lowest BCUT2D eigenvalue weighted by molar-refractivity contribution is 0.220. The monoisotopic (exact) mass is 296 g/mol. The van der Waals surface area contributed by atoms with Crippen LogP contribution in [0, 0.1) is 0 Å². The molecular formula is C14H13ClO3S. The second-order valence-electron chi connectivity index (χ2n) is 4.27. The Hall–Kier alpha value is -1.36. The molecule has 1 atom stereocenters. The Labute approximate surface area is 117 Å². The van der Waals surface area contributed by atoms with Crippen molar-refractivity contribution in [3.63, 3.8) is 0 Å². The minimum Gasteiger partial charge on any atom is -0.384 e. The van der Waals surface area contributed by atoms with Gasteiger partial charge in [0.05, 0.1) is 4.90 Å². The number of aliphatic hydroxyl groups excluding tert-OH is 1. The maximum absolute atomic E-state index is 11.4. The van der Waals surface area contributed by atoms with E-state index in [4.69, 9.17) is 11.6 Å². The van der Waals surface area contributed by atoms with Crippen molar-refractivity contribution in [3.8, 4) is 0 Å². The van der Waals surface area contributed by atoms with Gasteiger partial charge in [0.25, 0.3) is 0 Å². The molecule has 19 heavy (non-hydrogen) atoms. The lowest BCUT2D eigenvalue weighted by Gasteiger charge is -2.13. The molecule has 2 rings (SSSR count). The van der Waals surface area contributed by atoms with Gasteiger partial charge in [-0.05, 0) is 23.8 Å². The van der Waals surface area contributed by atoms with Gasteiger partial charge in [-0.1, -0.05) is 41.9 Å². The molecule has 1 unspecified atom stereocenters. The summed E-state index contributed by atoms with van der Waals surface area (Å²) in [5, 5.41) is 10.7. The first-order valence-electron chi connectivity index (χ1n) is 5.62. The Kier molecular flexibility index (Phi) is 3.94. The molecule has 0 aromatic heterocycles. The predicted octanol–water partition coefficient (Wildman–Crippen LogP) is 2.83. The molecule has 100 valence electrons. The lowest BCUT2D eigenvalue weighted by Crippen LogP contribution is -2.02. The molecule has 0 bridgehead atoms. The summed E-state index contributed by atoms with van der Waals surface area (Å²) in [6.45, 7) is 0. The molecule has 2 aromatic carbocycles. The highest BCUT2D eigenvalue weighted by Crippen LogP contribution is 2.28. The van der Waals surface area contributed by atoms with Crippen molar-refractivity contribution >= 4 is 21.4 Å². The average Bonchev–Trinajstić information content (AvgIpc) is 2.38. The molecule has 0 spiro atoms. The fourth-order valence-corrected chi connectivity index (χ4v) is 2.64. The molecule has 0 fully saturated rings. The second kappa shape index (κ2) is 5.33. The van der Waals surface area contributed by atoms with E-state index in [0.717, 1.165) is 6.26 Å². The summed E-state index contributed by atoms with van der Waals surface area (Å²) in [7, 11) is -3.23. The first-order chi connectivity index (χ1) is 8.89. The van der Waals surface area contributed by atoms with Crippen LogP contribution in [0.2, 0.25) is 5.02 Å². The topological polar surface area (TPSA) is 54.4 Å². The van der Waals surface area contributed by atoms with Crippen LogP contribution in [0.4, 0.5) is 0 Å². The molecule has 0 radical (unpaired) electrons. The highest BCUT2D eigenvalue weighted by atomic mass is 35.5. The SMILES string of the molecule is CS(=O)(=O)c1ccc(C(O)c2ccccc2Cl)cc1. The van der Waals surface area contributed by atoms with E-state index < -0.39 is 15.9 Å². The quantitative estimate of drug-likeness (QED) is 0.947. The highest BCUT2D eigenvalue weighted by molar-refractivity contribution is 7.90. The molecule has 0 amide bonds. The average molecular weight is 297 g/mol. The Morgan fingerprint density at radius 3 is 2.16 bits per heavy atom. The summed E-state index contributed by atoms with van der Waals surface area (Å²) in [4.78, 5) is 0.225. The van der Waals surface area contributed by atoms with E-state index in [0.29, 0.717) is 16.1 Å². The maximum atomic E-state index is 11.4. The van der Waals surface area contributed by atoms with Gasteiger partial charge in [-0.2, -0.15) is 0 Å². The molecule has 3 nitrogen and oxygen atoms in total. The molecule has 0 aliphatic rings. The van der Waals surface area contributed by atoms with Crippen LogP contribution < -0.4 is 0 Å². The minimum absolute atomic E-state index is 0.225. The van der Waals surface area contributed by atoms with Crippen LogP contribution in [-0.4, -0.2) is 19.8 Å². The van der Waals surface area contributed by atoms with Crippen molar-refractivity contribution in [2.75, 3.05) is 6.26 Å². The van der Waals surface area contributed by atoms with Gasteiger partial charge in [0.2, 0.25) is 0 Å². The molecule has 0 aliphatic carbocycles. The van der Waals surface area contributed by atoms with Gasteiger partial charge < -0.3 is 5.11 Å². The Bertz CT molecular complexity index is 678. The zero-order valence-corrected chi connectivity index (χ0v) is 11.8. The molecule has 0 heterocycles. The normalized spacial score (nSPS) is 13.2. The van der Waals surface area contributed by atoms with Gasteiger partial charge in [0.1, 0.15) is 6.10 Å². The second-order valence-corrected chi connectivity index (χ2v) is 6.69. The molecule has 0 saturated heterocycles. The van der Waals surface area contributed by atoms with Gasteiger partial charge in [0, 0.05) is 16.8 Å². The number of halogens is 1. The zero-order valence-electron chi connectivity index (χ0n) is 10.2. The van der Waals surface area contributed by atoms with Crippen molar-refractivity contribution < 1.29 is 13.5 Å².